The molecule has 35 heavy (non-hydrogen) atoms. The Morgan fingerprint density at radius 1 is 0.971 bits per heavy atom. The fourth-order valence-corrected chi connectivity index (χ4v) is 4.91. The summed E-state index contributed by atoms with van der Waals surface area (Å²) < 4.78 is 21.5. The lowest BCUT2D eigenvalue weighted by atomic mass is 9.96. The Kier molecular flexibility index (Phi) is 6.36. The summed E-state index contributed by atoms with van der Waals surface area (Å²) >= 11 is 1.11. The van der Waals surface area contributed by atoms with Crippen LogP contribution in [0.3, 0.4) is 0 Å². The molecule has 10 heteroatoms. The lowest BCUT2D eigenvalue weighted by molar-refractivity contribution is 0.104. The maximum absolute atomic E-state index is 13.3. The van der Waals surface area contributed by atoms with Crippen LogP contribution in [0.5, 0.6) is 23.0 Å². The molecule has 0 saturated heterocycles. The normalized spacial score (nSPS) is 10.6. The van der Waals surface area contributed by atoms with Crippen molar-refractivity contribution >= 4 is 38.8 Å². The van der Waals surface area contributed by atoms with Crippen molar-refractivity contribution in [2.75, 3.05) is 39.9 Å². The van der Waals surface area contributed by atoms with E-state index in [2.05, 4.69) is 11.1 Å². The third kappa shape index (κ3) is 3.92. The average Bonchev–Trinajstić information content (AvgIpc) is 3.21. The molecule has 4 rings (SSSR count). The number of hydrogen-bond acceptors (Lipinski definition) is 10. The first-order valence-electron chi connectivity index (χ1n) is 10.3. The molecule has 0 saturated carbocycles. The highest BCUT2D eigenvalue weighted by Crippen LogP contribution is 2.47. The molecule has 0 amide bonds. The van der Waals surface area contributed by atoms with Crippen molar-refractivity contribution in [2.45, 2.75) is 0 Å². The molecule has 0 radical (unpaired) electrons. The van der Waals surface area contributed by atoms with Crippen LogP contribution < -0.4 is 30.4 Å². The molecule has 2 aromatic carbocycles. The molecule has 0 bridgehead atoms. The number of anilines is 2. The highest BCUT2D eigenvalue weighted by molar-refractivity contribution is 7.21. The summed E-state index contributed by atoms with van der Waals surface area (Å²) in [5.41, 5.74) is 14.4. The zero-order valence-electron chi connectivity index (χ0n) is 19.5. The minimum atomic E-state index is -0.277. The number of carbonyl (C=O) groups is 1. The highest BCUT2D eigenvalue weighted by atomic mass is 32.1. The summed E-state index contributed by atoms with van der Waals surface area (Å²) in [6.45, 7) is 0. The number of nitrogen functional groups attached to an aromatic ring is 2. The van der Waals surface area contributed by atoms with E-state index in [0.29, 0.717) is 54.8 Å². The SMILES string of the molecule is COc1ccc(C(=O)c2sc3nc(N)c(C#N)c(-c4cc(OC)c(OC)c(OC)c4)c3c2N)cc1. The number of methoxy groups -OCH3 is 4. The van der Waals surface area contributed by atoms with Crippen molar-refractivity contribution in [3.8, 4) is 40.2 Å². The molecule has 4 N–H and O–H groups in total. The van der Waals surface area contributed by atoms with Crippen LogP contribution in [0.4, 0.5) is 11.5 Å². The maximum Gasteiger partial charge on any atom is 0.205 e. The number of ketones is 1. The van der Waals surface area contributed by atoms with Crippen LogP contribution >= 0.6 is 11.3 Å². The second-order valence-electron chi connectivity index (χ2n) is 7.36. The van der Waals surface area contributed by atoms with Gasteiger partial charge in [-0.05, 0) is 42.0 Å². The van der Waals surface area contributed by atoms with Crippen LogP contribution in [0.1, 0.15) is 20.8 Å². The van der Waals surface area contributed by atoms with E-state index in [1.54, 1.807) is 43.5 Å². The number of hydrogen-bond donors (Lipinski definition) is 2. The van der Waals surface area contributed by atoms with Crippen molar-refractivity contribution < 1.29 is 23.7 Å². The minimum absolute atomic E-state index is 0.0217. The third-order valence-electron chi connectivity index (χ3n) is 5.53. The predicted molar refractivity (Wildman–Crippen MR) is 135 cm³/mol. The molecule has 0 aliphatic heterocycles. The third-order valence-corrected chi connectivity index (χ3v) is 6.63. The van der Waals surface area contributed by atoms with E-state index in [0.717, 1.165) is 11.3 Å². The first-order valence-corrected chi connectivity index (χ1v) is 11.1. The molecule has 0 aliphatic rings. The summed E-state index contributed by atoms with van der Waals surface area (Å²) in [5, 5.41) is 10.4. The number of aromatic nitrogens is 1. The van der Waals surface area contributed by atoms with Gasteiger partial charge in [-0.3, -0.25) is 4.79 Å². The van der Waals surface area contributed by atoms with E-state index in [-0.39, 0.29) is 22.9 Å². The number of nitriles is 1. The van der Waals surface area contributed by atoms with Crippen LogP contribution in [0, 0.1) is 11.3 Å². The van der Waals surface area contributed by atoms with E-state index in [9.17, 15) is 10.1 Å². The molecule has 0 fully saturated rings. The van der Waals surface area contributed by atoms with Crippen molar-refractivity contribution in [3.63, 3.8) is 0 Å². The first kappa shape index (κ1) is 23.7. The van der Waals surface area contributed by atoms with Gasteiger partial charge in [0.15, 0.2) is 11.5 Å². The molecule has 178 valence electrons. The predicted octanol–water partition coefficient (Wildman–Crippen LogP) is 4.26. The first-order chi connectivity index (χ1) is 16.9. The van der Waals surface area contributed by atoms with Gasteiger partial charge in [0.05, 0.1) is 34.1 Å². The van der Waals surface area contributed by atoms with Gasteiger partial charge in [0.1, 0.15) is 32.9 Å². The summed E-state index contributed by atoms with van der Waals surface area (Å²) in [6, 6.07) is 12.2. The van der Waals surface area contributed by atoms with Crippen LogP contribution in [0.25, 0.3) is 21.3 Å². The van der Waals surface area contributed by atoms with Crippen molar-refractivity contribution in [1.82, 2.24) is 4.98 Å². The Bertz CT molecular complexity index is 1460. The number of ether oxygens (including phenoxy) is 4. The molecular weight excluding hydrogens is 468 g/mol. The molecule has 2 heterocycles. The van der Waals surface area contributed by atoms with Crippen LogP contribution in [0.15, 0.2) is 36.4 Å². The number of rotatable bonds is 7. The number of nitrogens with two attached hydrogens (primary N) is 2. The molecular formula is C25H22N4O5S. The Hall–Kier alpha value is -4.49. The second-order valence-corrected chi connectivity index (χ2v) is 8.35. The molecule has 2 aromatic heterocycles. The summed E-state index contributed by atoms with van der Waals surface area (Å²) in [5.74, 6) is 1.54. The fourth-order valence-electron chi connectivity index (χ4n) is 3.84. The monoisotopic (exact) mass is 490 g/mol. The maximum atomic E-state index is 13.3. The molecule has 4 aromatic rings. The summed E-state index contributed by atoms with van der Waals surface area (Å²) in [6.07, 6.45) is 0. The van der Waals surface area contributed by atoms with E-state index < -0.39 is 0 Å². The standard InChI is InChI=1S/C25H22N4O5S/c1-31-14-7-5-12(6-8-14)21(30)23-20(27)19-18(15(11-26)24(28)29-25(19)35-23)13-9-16(32-2)22(34-4)17(10-13)33-3/h5-10H,27H2,1-4H3,(H2,28,29). The van der Waals surface area contributed by atoms with Gasteiger partial charge < -0.3 is 30.4 Å². The second kappa shape index (κ2) is 9.40. The van der Waals surface area contributed by atoms with Gasteiger partial charge in [-0.1, -0.05) is 0 Å². The van der Waals surface area contributed by atoms with Crippen molar-refractivity contribution in [1.29, 1.82) is 5.26 Å². The van der Waals surface area contributed by atoms with Crippen molar-refractivity contribution in [2.24, 2.45) is 0 Å². The number of benzene rings is 2. The average molecular weight is 491 g/mol. The smallest absolute Gasteiger partial charge is 0.205 e. The van der Waals surface area contributed by atoms with Crippen LogP contribution in [-0.4, -0.2) is 39.2 Å². The molecule has 0 aliphatic carbocycles. The summed E-state index contributed by atoms with van der Waals surface area (Å²) in [7, 11) is 6.03. The molecule has 0 spiro atoms. The van der Waals surface area contributed by atoms with Crippen LogP contribution in [-0.2, 0) is 0 Å². The number of nitrogens with zero attached hydrogens (tertiary/aromatic N) is 2. The van der Waals surface area contributed by atoms with Gasteiger partial charge in [0, 0.05) is 16.5 Å². The zero-order chi connectivity index (χ0) is 25.3. The van der Waals surface area contributed by atoms with E-state index in [4.69, 9.17) is 30.4 Å². The lowest BCUT2D eigenvalue weighted by Crippen LogP contribution is -2.03. The number of fused-ring (bicyclic) bond motifs is 1. The van der Waals surface area contributed by atoms with Gasteiger partial charge in [0.25, 0.3) is 0 Å². The van der Waals surface area contributed by atoms with Gasteiger partial charge in [-0.2, -0.15) is 5.26 Å². The minimum Gasteiger partial charge on any atom is -0.497 e. The Labute approximate surface area is 205 Å². The van der Waals surface area contributed by atoms with E-state index in [1.807, 2.05) is 0 Å². The van der Waals surface area contributed by atoms with E-state index in [1.165, 1.54) is 21.3 Å². The fraction of sp³-hybridized carbons (Fsp3) is 0.160. The molecule has 0 unspecified atom stereocenters. The largest absolute Gasteiger partial charge is 0.497 e. The van der Waals surface area contributed by atoms with Gasteiger partial charge in [-0.25, -0.2) is 4.98 Å². The van der Waals surface area contributed by atoms with Gasteiger partial charge >= 0.3 is 0 Å². The highest BCUT2D eigenvalue weighted by Gasteiger charge is 2.26. The molecule has 0 atom stereocenters. The number of carbonyl (C=O) groups excluding carboxylic acids is 1. The zero-order valence-corrected chi connectivity index (χ0v) is 20.3. The van der Waals surface area contributed by atoms with Gasteiger partial charge in [-0.15, -0.1) is 11.3 Å². The Morgan fingerprint density at radius 3 is 2.11 bits per heavy atom. The topological polar surface area (TPSA) is 143 Å². The Morgan fingerprint density at radius 2 is 1.60 bits per heavy atom. The lowest BCUT2D eigenvalue weighted by Gasteiger charge is -2.16. The number of thiophene rings is 1. The summed E-state index contributed by atoms with van der Waals surface area (Å²) in [4.78, 5) is 18.4. The number of pyridine rings is 1. The van der Waals surface area contributed by atoms with Crippen LogP contribution in [0.2, 0.25) is 0 Å². The van der Waals surface area contributed by atoms with Gasteiger partial charge in [0.2, 0.25) is 11.5 Å². The van der Waals surface area contributed by atoms with Crippen molar-refractivity contribution in [3.05, 3.63) is 52.4 Å². The Balaban J connectivity index is 2.00. The quantitative estimate of drug-likeness (QED) is 0.363. The molecule has 9 nitrogen and oxygen atoms in total. The van der Waals surface area contributed by atoms with E-state index >= 15 is 0 Å².